The molecule has 130 valence electrons. The van der Waals surface area contributed by atoms with Crippen molar-refractivity contribution in [2.24, 2.45) is 23.2 Å². The van der Waals surface area contributed by atoms with Crippen molar-refractivity contribution in [2.45, 2.75) is 45.8 Å². The number of carbonyl (C=O) groups is 1. The highest BCUT2D eigenvalue weighted by molar-refractivity contribution is 5.65. The summed E-state index contributed by atoms with van der Waals surface area (Å²) in [6.45, 7) is 9.30. The third kappa shape index (κ3) is 2.05. The van der Waals surface area contributed by atoms with E-state index in [0.717, 1.165) is 17.7 Å². The largest absolute Gasteiger partial charge is 0.487 e. The summed E-state index contributed by atoms with van der Waals surface area (Å²) in [5.74, 6) is 1.73. The van der Waals surface area contributed by atoms with Crippen molar-refractivity contribution < 1.29 is 19.0 Å². The lowest BCUT2D eigenvalue weighted by atomic mass is 9.50. The van der Waals surface area contributed by atoms with Crippen molar-refractivity contribution in [1.29, 1.82) is 0 Å². The molecule has 6 atom stereocenters. The molecule has 1 saturated heterocycles. The summed E-state index contributed by atoms with van der Waals surface area (Å²) in [5.41, 5.74) is 0.794. The fourth-order valence-corrected chi connectivity index (χ4v) is 5.49. The number of rotatable bonds is 2. The molecular weight excluding hydrogens is 304 g/mol. The Morgan fingerprint density at radius 3 is 2.83 bits per heavy atom. The summed E-state index contributed by atoms with van der Waals surface area (Å²) in [7, 11) is 0. The summed E-state index contributed by atoms with van der Waals surface area (Å²) in [6.07, 6.45) is 1.02. The highest BCUT2D eigenvalue weighted by Crippen LogP contribution is 2.63. The van der Waals surface area contributed by atoms with Crippen LogP contribution in [0.5, 0.6) is 5.75 Å². The Bertz CT molecular complexity index is 671. The fraction of sp³-hybridized carbons (Fsp3) is 0.650. The molecule has 0 N–H and O–H groups in total. The normalized spacial score (nSPS) is 42.7. The first-order chi connectivity index (χ1) is 11.4. The maximum Gasteiger partial charge on any atom is 0.302 e. The van der Waals surface area contributed by atoms with Crippen molar-refractivity contribution in [2.75, 3.05) is 13.2 Å². The van der Waals surface area contributed by atoms with E-state index >= 15 is 0 Å². The van der Waals surface area contributed by atoms with Crippen LogP contribution in [0.3, 0.4) is 0 Å². The van der Waals surface area contributed by atoms with Crippen molar-refractivity contribution in [3.63, 3.8) is 0 Å². The maximum absolute atomic E-state index is 11.4. The van der Waals surface area contributed by atoms with Gasteiger partial charge in [0.15, 0.2) is 0 Å². The maximum atomic E-state index is 11.4. The van der Waals surface area contributed by atoms with Gasteiger partial charge in [-0.15, -0.1) is 0 Å². The van der Waals surface area contributed by atoms with E-state index in [0.29, 0.717) is 25.0 Å². The van der Waals surface area contributed by atoms with Gasteiger partial charge in [0.05, 0.1) is 19.3 Å². The smallest absolute Gasteiger partial charge is 0.302 e. The fourth-order valence-electron chi connectivity index (χ4n) is 5.49. The Morgan fingerprint density at radius 1 is 1.33 bits per heavy atom. The first-order valence-electron chi connectivity index (χ1n) is 8.90. The Morgan fingerprint density at radius 2 is 2.08 bits per heavy atom. The number of carbonyl (C=O) groups excluding carboxylic acids is 1. The van der Waals surface area contributed by atoms with Crippen LogP contribution in [0, 0.1) is 23.2 Å². The van der Waals surface area contributed by atoms with Gasteiger partial charge in [0.1, 0.15) is 11.4 Å². The summed E-state index contributed by atoms with van der Waals surface area (Å²) in [6, 6.07) is 8.23. The second-order valence-corrected chi connectivity index (χ2v) is 8.12. The summed E-state index contributed by atoms with van der Waals surface area (Å²) in [4.78, 5) is 11.4. The Balaban J connectivity index is 1.76. The van der Waals surface area contributed by atoms with E-state index in [1.807, 2.05) is 18.2 Å². The average molecular weight is 330 g/mol. The molecule has 0 unspecified atom stereocenters. The lowest BCUT2D eigenvalue weighted by Crippen LogP contribution is -2.66. The lowest BCUT2D eigenvalue weighted by Gasteiger charge is -2.63. The zero-order valence-electron chi connectivity index (χ0n) is 14.9. The number of ether oxygens (including phenoxy) is 3. The Hall–Kier alpha value is -1.55. The minimum Gasteiger partial charge on any atom is -0.487 e. The third-order valence-electron chi connectivity index (χ3n) is 6.81. The average Bonchev–Trinajstić information content (AvgIpc) is 2.52. The number of benzene rings is 1. The molecule has 1 saturated carbocycles. The number of para-hydroxylation sites is 1. The van der Waals surface area contributed by atoms with Gasteiger partial charge in [-0.3, -0.25) is 4.79 Å². The molecule has 4 heteroatoms. The molecule has 0 aromatic heterocycles. The zero-order valence-corrected chi connectivity index (χ0v) is 14.9. The van der Waals surface area contributed by atoms with Crippen LogP contribution in [0.2, 0.25) is 0 Å². The summed E-state index contributed by atoms with van der Waals surface area (Å²) >= 11 is 0. The van der Waals surface area contributed by atoms with Crippen molar-refractivity contribution >= 4 is 5.97 Å². The van der Waals surface area contributed by atoms with Crippen LogP contribution in [-0.2, 0) is 14.3 Å². The second-order valence-electron chi connectivity index (χ2n) is 8.12. The van der Waals surface area contributed by atoms with Gasteiger partial charge >= 0.3 is 5.97 Å². The number of esters is 1. The Labute approximate surface area is 143 Å². The molecule has 2 fully saturated rings. The quantitative estimate of drug-likeness (QED) is 0.775. The highest BCUT2D eigenvalue weighted by Gasteiger charge is 2.64. The minimum atomic E-state index is -0.238. The first kappa shape index (κ1) is 15.9. The van der Waals surface area contributed by atoms with E-state index in [-0.39, 0.29) is 29.0 Å². The van der Waals surface area contributed by atoms with Crippen molar-refractivity contribution in [1.82, 2.24) is 0 Å². The second kappa shape index (κ2) is 5.22. The Kier molecular flexibility index (Phi) is 3.47. The molecule has 3 aliphatic rings. The molecule has 2 bridgehead atoms. The zero-order chi connectivity index (χ0) is 17.1. The van der Waals surface area contributed by atoms with Crippen LogP contribution in [0.15, 0.2) is 24.3 Å². The van der Waals surface area contributed by atoms with Crippen molar-refractivity contribution in [3.05, 3.63) is 29.8 Å². The molecule has 2 heterocycles. The molecular formula is C20H26O4. The standard InChI is InChI=1S/C20H26O4/c1-12-9-19(4)17-13(2)20(12,10-22-14(3)21)11-23-18(17)15-7-5-6-8-16(15)24-19/h5-8,12-13,17-18H,9-11H2,1-4H3/t12-,13+,17+,18+,19+,20-/m1/s1. The molecule has 2 aliphatic heterocycles. The van der Waals surface area contributed by atoms with E-state index in [9.17, 15) is 4.79 Å². The van der Waals surface area contributed by atoms with E-state index < -0.39 is 0 Å². The van der Waals surface area contributed by atoms with Crippen LogP contribution < -0.4 is 4.74 Å². The van der Waals surface area contributed by atoms with Crippen molar-refractivity contribution in [3.8, 4) is 5.75 Å². The number of fused-ring (bicyclic) bond motifs is 3. The molecule has 0 spiro atoms. The van der Waals surface area contributed by atoms with Gasteiger partial charge in [0, 0.05) is 23.8 Å². The van der Waals surface area contributed by atoms with Gasteiger partial charge in [0.25, 0.3) is 0 Å². The predicted octanol–water partition coefficient (Wildman–Crippen LogP) is 3.75. The lowest BCUT2D eigenvalue weighted by molar-refractivity contribution is -0.261. The van der Waals surface area contributed by atoms with E-state index in [2.05, 4.69) is 26.8 Å². The van der Waals surface area contributed by atoms with Crippen LogP contribution in [0.1, 0.15) is 45.8 Å². The van der Waals surface area contributed by atoms with Crippen LogP contribution in [0.4, 0.5) is 0 Å². The molecule has 0 radical (unpaired) electrons. The number of hydrogen-bond acceptors (Lipinski definition) is 4. The van der Waals surface area contributed by atoms with E-state index in [1.165, 1.54) is 6.92 Å². The topological polar surface area (TPSA) is 44.8 Å². The van der Waals surface area contributed by atoms with Gasteiger partial charge in [-0.05, 0) is 31.2 Å². The molecule has 1 aliphatic carbocycles. The van der Waals surface area contributed by atoms with Gasteiger partial charge in [-0.25, -0.2) is 0 Å². The molecule has 4 nitrogen and oxygen atoms in total. The highest BCUT2D eigenvalue weighted by atomic mass is 16.5. The molecule has 1 aromatic carbocycles. The van der Waals surface area contributed by atoms with Crippen LogP contribution in [-0.4, -0.2) is 24.8 Å². The summed E-state index contributed by atoms with van der Waals surface area (Å²) in [5, 5.41) is 0. The van der Waals surface area contributed by atoms with Crippen LogP contribution >= 0.6 is 0 Å². The molecule has 24 heavy (non-hydrogen) atoms. The predicted molar refractivity (Wildman–Crippen MR) is 89.7 cm³/mol. The summed E-state index contributed by atoms with van der Waals surface area (Å²) < 4.78 is 18.4. The third-order valence-corrected chi connectivity index (χ3v) is 6.81. The molecule has 1 aromatic rings. The van der Waals surface area contributed by atoms with Crippen LogP contribution in [0.25, 0.3) is 0 Å². The van der Waals surface area contributed by atoms with Gasteiger partial charge < -0.3 is 14.2 Å². The number of hydrogen-bond donors (Lipinski definition) is 0. The van der Waals surface area contributed by atoms with E-state index in [1.54, 1.807) is 0 Å². The van der Waals surface area contributed by atoms with E-state index in [4.69, 9.17) is 14.2 Å². The van der Waals surface area contributed by atoms with Gasteiger partial charge in [-0.2, -0.15) is 0 Å². The molecule has 4 rings (SSSR count). The van der Waals surface area contributed by atoms with Gasteiger partial charge in [-0.1, -0.05) is 32.0 Å². The first-order valence-corrected chi connectivity index (χ1v) is 8.90. The molecule has 0 amide bonds. The SMILES string of the molecule is CC(=O)OC[C@@]12CO[C@H]3c4ccccc4O[C@@](C)(C[C@H]1C)[C@H]3[C@@H]2C. The monoisotopic (exact) mass is 330 g/mol. The van der Waals surface area contributed by atoms with Gasteiger partial charge in [0.2, 0.25) is 0 Å². The minimum absolute atomic E-state index is 0.0629.